The minimum absolute atomic E-state index is 0.0797. The minimum atomic E-state index is -0.771. The standard InChI is InChI=1S/C48H60N2O8S4/c1-6-27-10-14-29(15-11-27)31-18-22-33(23-19-31)43(51)57-37-39-40(60-47(59-39)35(26-49)45(53)55-8-3)38(42-41(37)61-48(62-42)36(50-5)46(54)56-9-4)58-44(52)34-24-20-32(21-25-34)30-16-12-28(7-2)13-17-30/h27-34H,6-25H2,1-4H3. The molecule has 0 unspecified atom stereocenters. The molecule has 14 heteroatoms. The Bertz CT molecular complexity index is 1840. The van der Waals surface area contributed by atoms with Gasteiger partial charge in [0.1, 0.15) is 6.07 Å². The van der Waals surface area contributed by atoms with E-state index in [2.05, 4.69) is 18.7 Å². The SMILES string of the molecule is [C-]#[N+]C(C(=O)OCC)=C1Sc2c(OC(=O)C3CCC(C4CCC(CC)CC4)CC3)c3c(c(OC(=O)C4CCC(C5CCC(CC)CC5)CC4)c2S1)SC(=C(C#N)C(=O)OCC)S3. The first-order valence-corrected chi connectivity index (χ1v) is 26.4. The number of fused-ring (bicyclic) bond motifs is 2. The summed E-state index contributed by atoms with van der Waals surface area (Å²) in [7, 11) is 0. The molecule has 0 atom stereocenters. The number of benzene rings is 1. The molecular weight excluding hydrogens is 861 g/mol. The fourth-order valence-corrected chi connectivity index (χ4v) is 16.0. The summed E-state index contributed by atoms with van der Waals surface area (Å²) >= 11 is 4.45. The van der Waals surface area contributed by atoms with E-state index in [9.17, 15) is 24.4 Å². The zero-order valence-electron chi connectivity index (χ0n) is 36.6. The van der Waals surface area contributed by atoms with Gasteiger partial charge in [0, 0.05) is 0 Å². The summed E-state index contributed by atoms with van der Waals surface area (Å²) in [5.74, 6) is 1.84. The Morgan fingerprint density at radius 1 is 0.565 bits per heavy atom. The van der Waals surface area contributed by atoms with Gasteiger partial charge in [0.15, 0.2) is 17.1 Å². The second-order valence-electron chi connectivity index (χ2n) is 17.8. The number of carbonyl (C=O) groups is 4. The number of ether oxygens (including phenoxy) is 4. The lowest BCUT2D eigenvalue weighted by atomic mass is 9.69. The fraction of sp³-hybridized carbons (Fsp3) is 0.667. The molecule has 2 heterocycles. The van der Waals surface area contributed by atoms with E-state index in [0.29, 0.717) is 51.7 Å². The lowest BCUT2D eigenvalue weighted by Crippen LogP contribution is -2.30. The monoisotopic (exact) mass is 920 g/mol. The van der Waals surface area contributed by atoms with Crippen molar-refractivity contribution in [2.45, 2.75) is 163 Å². The van der Waals surface area contributed by atoms with E-state index < -0.39 is 11.9 Å². The summed E-state index contributed by atoms with van der Waals surface area (Å²) in [6, 6.07) is 2.02. The van der Waals surface area contributed by atoms with Crippen LogP contribution in [0.5, 0.6) is 11.5 Å². The molecule has 0 saturated heterocycles. The predicted molar refractivity (Wildman–Crippen MR) is 243 cm³/mol. The lowest BCUT2D eigenvalue weighted by Gasteiger charge is -2.37. The van der Waals surface area contributed by atoms with Crippen LogP contribution >= 0.6 is 47.0 Å². The average Bonchev–Trinajstić information content (AvgIpc) is 3.94. The zero-order chi connectivity index (χ0) is 43.9. The number of esters is 4. The molecule has 0 N–H and O–H groups in total. The normalized spacial score (nSPS) is 28.1. The highest BCUT2D eigenvalue weighted by atomic mass is 32.2. The Kier molecular flexibility index (Phi) is 16.5. The molecule has 0 amide bonds. The summed E-state index contributed by atoms with van der Waals surface area (Å²) < 4.78 is 24.1. The van der Waals surface area contributed by atoms with Crippen molar-refractivity contribution in [3.8, 4) is 17.6 Å². The molecule has 10 nitrogen and oxygen atoms in total. The van der Waals surface area contributed by atoms with Crippen LogP contribution < -0.4 is 9.47 Å². The van der Waals surface area contributed by atoms with E-state index in [1.807, 2.05) is 6.07 Å². The molecule has 6 aliphatic rings. The zero-order valence-corrected chi connectivity index (χ0v) is 39.8. The number of hydrogen-bond donors (Lipinski definition) is 0. The van der Waals surface area contributed by atoms with Gasteiger partial charge in [0.05, 0.1) is 59.7 Å². The second-order valence-corrected chi connectivity index (χ2v) is 22.4. The van der Waals surface area contributed by atoms with Gasteiger partial charge in [-0.25, -0.2) is 9.64 Å². The van der Waals surface area contributed by atoms with Crippen LogP contribution in [0.15, 0.2) is 39.3 Å². The molecule has 2 aliphatic heterocycles. The first-order chi connectivity index (χ1) is 30.1. The van der Waals surface area contributed by atoms with E-state index in [1.165, 1.54) is 64.2 Å². The van der Waals surface area contributed by atoms with Crippen LogP contribution in [-0.4, -0.2) is 37.1 Å². The minimum Gasteiger partial charge on any atom is -0.471 e. The third kappa shape index (κ3) is 10.4. The van der Waals surface area contributed by atoms with E-state index in [-0.39, 0.29) is 59.8 Å². The van der Waals surface area contributed by atoms with Gasteiger partial charge in [0.2, 0.25) is 0 Å². The average molecular weight is 921 g/mol. The van der Waals surface area contributed by atoms with E-state index in [0.717, 1.165) is 110 Å². The van der Waals surface area contributed by atoms with Gasteiger partial charge in [-0.05, 0) is 126 Å². The Morgan fingerprint density at radius 3 is 1.26 bits per heavy atom. The summed E-state index contributed by atoms with van der Waals surface area (Å²) in [4.78, 5) is 60.1. The summed E-state index contributed by atoms with van der Waals surface area (Å²) in [5.41, 5.74) is -0.399. The highest BCUT2D eigenvalue weighted by molar-refractivity contribution is 8.26. The van der Waals surface area contributed by atoms with Gasteiger partial charge in [0.25, 0.3) is 5.70 Å². The topological polar surface area (TPSA) is 133 Å². The van der Waals surface area contributed by atoms with Crippen LogP contribution in [0.25, 0.3) is 4.85 Å². The number of nitrogens with zero attached hydrogens (tertiary/aromatic N) is 2. The molecule has 0 aromatic heterocycles. The fourth-order valence-electron chi connectivity index (χ4n) is 10.7. The van der Waals surface area contributed by atoms with E-state index >= 15 is 0 Å². The van der Waals surface area contributed by atoms with Gasteiger partial charge in [-0.3, -0.25) is 14.4 Å². The van der Waals surface area contributed by atoms with Gasteiger partial charge in [-0.2, -0.15) is 5.26 Å². The van der Waals surface area contributed by atoms with Crippen LogP contribution in [0.3, 0.4) is 0 Å². The molecule has 0 bridgehead atoms. The molecule has 4 saturated carbocycles. The van der Waals surface area contributed by atoms with Crippen molar-refractivity contribution in [2.75, 3.05) is 13.2 Å². The maximum atomic E-state index is 14.3. The summed E-state index contributed by atoms with van der Waals surface area (Å²) in [6.07, 6.45) is 19.5. The molecule has 7 rings (SSSR count). The Morgan fingerprint density at radius 2 is 0.919 bits per heavy atom. The van der Waals surface area contributed by atoms with E-state index in [4.69, 9.17) is 25.5 Å². The number of thioether (sulfide) groups is 4. The molecular formula is C48H60N2O8S4. The molecule has 334 valence electrons. The molecule has 1 aromatic carbocycles. The first-order valence-electron chi connectivity index (χ1n) is 23.1. The Balaban J connectivity index is 1.20. The van der Waals surface area contributed by atoms with Gasteiger partial charge >= 0.3 is 23.9 Å². The largest absolute Gasteiger partial charge is 0.471 e. The van der Waals surface area contributed by atoms with Crippen molar-refractivity contribution in [1.82, 2.24) is 0 Å². The van der Waals surface area contributed by atoms with Crippen molar-refractivity contribution in [3.05, 3.63) is 31.2 Å². The highest BCUT2D eigenvalue weighted by Crippen LogP contribution is 2.69. The summed E-state index contributed by atoms with van der Waals surface area (Å²) in [6.45, 7) is 16.0. The quantitative estimate of drug-likeness (QED) is 0.0648. The first kappa shape index (κ1) is 46.9. The van der Waals surface area contributed by atoms with Crippen molar-refractivity contribution < 1.29 is 38.1 Å². The van der Waals surface area contributed by atoms with Crippen LogP contribution in [-0.2, 0) is 28.7 Å². The van der Waals surface area contributed by atoms with Crippen molar-refractivity contribution in [1.29, 1.82) is 5.26 Å². The van der Waals surface area contributed by atoms with E-state index in [1.54, 1.807) is 13.8 Å². The van der Waals surface area contributed by atoms with Crippen LogP contribution in [0.4, 0.5) is 0 Å². The van der Waals surface area contributed by atoms with Gasteiger partial charge in [-0.15, -0.1) is 0 Å². The molecule has 0 spiro atoms. The molecule has 62 heavy (non-hydrogen) atoms. The smallest absolute Gasteiger partial charge is 0.350 e. The highest BCUT2D eigenvalue weighted by Gasteiger charge is 2.43. The number of hydrogen-bond acceptors (Lipinski definition) is 13. The maximum absolute atomic E-state index is 14.3. The summed E-state index contributed by atoms with van der Waals surface area (Å²) in [5, 5.41) is 10.2. The lowest BCUT2D eigenvalue weighted by molar-refractivity contribution is -0.142. The third-order valence-electron chi connectivity index (χ3n) is 14.5. The predicted octanol–water partition coefficient (Wildman–Crippen LogP) is 12.9. The maximum Gasteiger partial charge on any atom is 0.350 e. The molecule has 0 radical (unpaired) electrons. The van der Waals surface area contributed by atoms with Gasteiger partial charge < -0.3 is 18.9 Å². The Labute approximate surface area is 384 Å². The van der Waals surface area contributed by atoms with Crippen LogP contribution in [0.1, 0.15) is 143 Å². The third-order valence-corrected chi connectivity index (χ3v) is 19.6. The number of rotatable bonds is 12. The Hall–Kier alpha value is -3.04. The number of nitriles is 1. The molecule has 4 fully saturated rings. The second kappa shape index (κ2) is 21.8. The van der Waals surface area contributed by atoms with Gasteiger partial charge in [-0.1, -0.05) is 99.4 Å². The van der Waals surface area contributed by atoms with Crippen molar-refractivity contribution in [2.24, 2.45) is 47.3 Å². The van der Waals surface area contributed by atoms with Crippen LogP contribution in [0.2, 0.25) is 0 Å². The van der Waals surface area contributed by atoms with Crippen molar-refractivity contribution in [3.63, 3.8) is 0 Å². The molecule has 1 aromatic rings. The number of carbonyl (C=O) groups excluding carboxylic acids is 4. The van der Waals surface area contributed by atoms with Crippen molar-refractivity contribution >= 4 is 70.9 Å². The molecule has 4 aliphatic carbocycles. The van der Waals surface area contributed by atoms with Crippen LogP contribution in [0, 0.1) is 65.2 Å².